The van der Waals surface area contributed by atoms with E-state index in [0.29, 0.717) is 6.42 Å². The average molecular weight is 345 g/mol. The number of benzene rings is 1. The van der Waals surface area contributed by atoms with E-state index in [-0.39, 0.29) is 29.1 Å². The summed E-state index contributed by atoms with van der Waals surface area (Å²) in [5.74, 6) is -0.213. The van der Waals surface area contributed by atoms with Crippen LogP contribution in [0.25, 0.3) is 0 Å². The Hall–Kier alpha value is -2.41. The van der Waals surface area contributed by atoms with Gasteiger partial charge in [0.2, 0.25) is 0 Å². The zero-order chi connectivity index (χ0) is 17.2. The number of amides is 1. The van der Waals surface area contributed by atoms with Gasteiger partial charge in [-0.25, -0.2) is 13.4 Å². The van der Waals surface area contributed by atoms with Crippen LogP contribution in [0, 0.1) is 6.92 Å². The third kappa shape index (κ3) is 4.11. The predicted octanol–water partition coefficient (Wildman–Crippen LogP) is 2.05. The molecule has 2 heterocycles. The molecule has 126 valence electrons. The first kappa shape index (κ1) is 16.4. The highest BCUT2D eigenvalue weighted by molar-refractivity contribution is 7.91. The highest BCUT2D eigenvalue weighted by atomic mass is 32.2. The summed E-state index contributed by atoms with van der Waals surface area (Å²) < 4.78 is 22.8. The number of anilines is 2. The number of hydrogen-bond acceptors (Lipinski definition) is 5. The van der Waals surface area contributed by atoms with Gasteiger partial charge in [-0.05, 0) is 37.6 Å². The van der Waals surface area contributed by atoms with Gasteiger partial charge in [0, 0.05) is 11.7 Å². The summed E-state index contributed by atoms with van der Waals surface area (Å²) >= 11 is 0. The summed E-state index contributed by atoms with van der Waals surface area (Å²) in [6.07, 6.45) is 2.04. The summed E-state index contributed by atoms with van der Waals surface area (Å²) in [5.41, 5.74) is 3.17. The number of carbonyl (C=O) groups excluding carboxylic acids is 1. The summed E-state index contributed by atoms with van der Waals surface area (Å²) in [5, 5.41) is 5.93. The van der Waals surface area contributed by atoms with E-state index in [1.165, 1.54) is 5.56 Å². The van der Waals surface area contributed by atoms with Crippen molar-refractivity contribution in [3.8, 4) is 0 Å². The maximum Gasteiger partial charge on any atom is 0.270 e. The molecular formula is C17H19N3O3S. The van der Waals surface area contributed by atoms with Gasteiger partial charge in [-0.15, -0.1) is 0 Å². The lowest BCUT2D eigenvalue weighted by molar-refractivity contribution is 0.0936. The van der Waals surface area contributed by atoms with Gasteiger partial charge in [-0.1, -0.05) is 17.7 Å². The maximum atomic E-state index is 12.1. The standard InChI is InChI=1S/C17H19N3O3S/c1-12-2-4-13(5-3-12)19-14-6-7-16(18-10-14)17(21)20-15-8-9-24(22,23)11-15/h2-7,10,15,19H,8-9,11H2,1H3,(H,20,21). The Bertz CT molecular complexity index is 830. The first-order chi connectivity index (χ1) is 11.4. The number of hydrogen-bond donors (Lipinski definition) is 2. The maximum absolute atomic E-state index is 12.1. The number of carbonyl (C=O) groups is 1. The molecule has 0 spiro atoms. The topological polar surface area (TPSA) is 88.2 Å². The van der Waals surface area contributed by atoms with Crippen molar-refractivity contribution >= 4 is 27.1 Å². The molecule has 2 N–H and O–H groups in total. The number of pyridine rings is 1. The summed E-state index contributed by atoms with van der Waals surface area (Å²) in [4.78, 5) is 16.3. The number of nitrogens with zero attached hydrogens (tertiary/aromatic N) is 1. The van der Waals surface area contributed by atoms with Crippen LogP contribution in [-0.4, -0.2) is 36.9 Å². The minimum atomic E-state index is -3.01. The highest BCUT2D eigenvalue weighted by Crippen LogP contribution is 2.17. The quantitative estimate of drug-likeness (QED) is 0.885. The van der Waals surface area contributed by atoms with Gasteiger partial charge >= 0.3 is 0 Å². The van der Waals surface area contributed by atoms with Crippen LogP contribution in [-0.2, 0) is 9.84 Å². The molecule has 3 rings (SSSR count). The van der Waals surface area contributed by atoms with E-state index in [1.54, 1.807) is 18.3 Å². The van der Waals surface area contributed by atoms with Crippen LogP contribution in [0.2, 0.25) is 0 Å². The van der Waals surface area contributed by atoms with Crippen LogP contribution < -0.4 is 10.6 Å². The Morgan fingerprint density at radius 2 is 1.83 bits per heavy atom. The molecular weight excluding hydrogens is 326 g/mol. The fourth-order valence-electron chi connectivity index (χ4n) is 2.57. The third-order valence-electron chi connectivity index (χ3n) is 3.90. The van der Waals surface area contributed by atoms with Crippen LogP contribution in [0.5, 0.6) is 0 Å². The van der Waals surface area contributed by atoms with Crippen molar-refractivity contribution in [3.05, 3.63) is 53.9 Å². The summed E-state index contributed by atoms with van der Waals surface area (Å²) in [6.45, 7) is 2.02. The van der Waals surface area contributed by atoms with E-state index >= 15 is 0 Å². The minimum Gasteiger partial charge on any atom is -0.354 e. The van der Waals surface area contributed by atoms with Crippen molar-refractivity contribution in [1.82, 2.24) is 10.3 Å². The predicted molar refractivity (Wildman–Crippen MR) is 93.2 cm³/mol. The Morgan fingerprint density at radius 3 is 2.42 bits per heavy atom. The lowest BCUT2D eigenvalue weighted by Gasteiger charge is -2.11. The van der Waals surface area contributed by atoms with Gasteiger partial charge in [-0.2, -0.15) is 0 Å². The number of aryl methyl sites for hydroxylation is 1. The molecule has 1 atom stereocenters. The number of rotatable bonds is 4. The molecule has 24 heavy (non-hydrogen) atoms. The smallest absolute Gasteiger partial charge is 0.270 e. The normalized spacial score (nSPS) is 19.0. The summed E-state index contributed by atoms with van der Waals surface area (Å²) in [6, 6.07) is 11.0. The van der Waals surface area contributed by atoms with Crippen molar-refractivity contribution < 1.29 is 13.2 Å². The van der Waals surface area contributed by atoms with Crippen molar-refractivity contribution in [2.24, 2.45) is 0 Å². The second-order valence-corrected chi connectivity index (χ2v) is 8.23. The Kier molecular flexibility index (Phi) is 4.53. The fraction of sp³-hybridized carbons (Fsp3) is 0.294. The second-order valence-electron chi connectivity index (χ2n) is 6.00. The molecule has 1 fully saturated rings. The molecule has 1 aliphatic rings. The molecule has 2 aromatic rings. The van der Waals surface area contributed by atoms with Gasteiger partial charge in [-0.3, -0.25) is 4.79 Å². The Labute approximate surface area is 141 Å². The number of aromatic nitrogens is 1. The Morgan fingerprint density at radius 1 is 1.12 bits per heavy atom. The van der Waals surface area contributed by atoms with E-state index < -0.39 is 9.84 Å². The first-order valence-electron chi connectivity index (χ1n) is 7.72. The minimum absolute atomic E-state index is 0.00576. The Balaban J connectivity index is 1.61. The number of sulfone groups is 1. The largest absolute Gasteiger partial charge is 0.354 e. The molecule has 1 unspecified atom stereocenters. The van der Waals surface area contributed by atoms with E-state index in [1.807, 2.05) is 31.2 Å². The van der Waals surface area contributed by atoms with Crippen LogP contribution >= 0.6 is 0 Å². The lowest BCUT2D eigenvalue weighted by Crippen LogP contribution is -2.36. The van der Waals surface area contributed by atoms with Crippen LogP contribution in [0.1, 0.15) is 22.5 Å². The van der Waals surface area contributed by atoms with Crippen LogP contribution in [0.4, 0.5) is 11.4 Å². The van der Waals surface area contributed by atoms with Crippen molar-refractivity contribution in [2.45, 2.75) is 19.4 Å². The lowest BCUT2D eigenvalue weighted by atomic mass is 10.2. The molecule has 0 radical (unpaired) electrons. The van der Waals surface area contributed by atoms with Gasteiger partial charge in [0.1, 0.15) is 5.69 Å². The average Bonchev–Trinajstić information content (AvgIpc) is 2.89. The van der Waals surface area contributed by atoms with Crippen molar-refractivity contribution in [3.63, 3.8) is 0 Å². The van der Waals surface area contributed by atoms with E-state index in [4.69, 9.17) is 0 Å². The van der Waals surface area contributed by atoms with Crippen LogP contribution in [0.15, 0.2) is 42.6 Å². The molecule has 1 amide bonds. The number of nitrogens with one attached hydrogen (secondary N) is 2. The first-order valence-corrected chi connectivity index (χ1v) is 9.54. The molecule has 6 nitrogen and oxygen atoms in total. The molecule has 0 aliphatic carbocycles. The SMILES string of the molecule is Cc1ccc(Nc2ccc(C(=O)NC3CCS(=O)(=O)C3)nc2)cc1. The van der Waals surface area contributed by atoms with E-state index in [9.17, 15) is 13.2 Å². The zero-order valence-corrected chi connectivity index (χ0v) is 14.1. The molecule has 1 aromatic carbocycles. The molecule has 1 aliphatic heterocycles. The van der Waals surface area contributed by atoms with Gasteiger partial charge < -0.3 is 10.6 Å². The van der Waals surface area contributed by atoms with Crippen molar-refractivity contribution in [1.29, 1.82) is 0 Å². The van der Waals surface area contributed by atoms with Crippen molar-refractivity contribution in [2.75, 3.05) is 16.8 Å². The van der Waals surface area contributed by atoms with E-state index in [0.717, 1.165) is 11.4 Å². The van der Waals surface area contributed by atoms with Gasteiger partial charge in [0.25, 0.3) is 5.91 Å². The molecule has 0 bridgehead atoms. The molecule has 0 saturated carbocycles. The monoisotopic (exact) mass is 345 g/mol. The highest BCUT2D eigenvalue weighted by Gasteiger charge is 2.29. The second kappa shape index (κ2) is 6.60. The van der Waals surface area contributed by atoms with E-state index in [2.05, 4.69) is 15.6 Å². The molecule has 7 heteroatoms. The fourth-order valence-corrected chi connectivity index (χ4v) is 4.25. The van der Waals surface area contributed by atoms with Gasteiger partial charge in [0.05, 0.1) is 23.4 Å². The van der Waals surface area contributed by atoms with Gasteiger partial charge in [0.15, 0.2) is 9.84 Å². The third-order valence-corrected chi connectivity index (χ3v) is 5.67. The van der Waals surface area contributed by atoms with Crippen LogP contribution in [0.3, 0.4) is 0 Å². The molecule has 1 saturated heterocycles. The summed E-state index contributed by atoms with van der Waals surface area (Å²) in [7, 11) is -3.01. The zero-order valence-electron chi connectivity index (χ0n) is 13.3. The molecule has 1 aromatic heterocycles.